The maximum absolute atomic E-state index is 5.47. The third-order valence-corrected chi connectivity index (χ3v) is 4.03. The SMILES string of the molecule is CN=C(NCc1cc(C(C)C)no1)NC(C)c1cc(C)ccc1OC. The fourth-order valence-electron chi connectivity index (χ4n) is 2.52. The van der Waals surface area contributed by atoms with Crippen molar-refractivity contribution in [1.82, 2.24) is 15.8 Å². The number of nitrogens with zero attached hydrogens (tertiary/aromatic N) is 2. The fraction of sp³-hybridized carbons (Fsp3) is 0.474. The molecule has 1 heterocycles. The number of nitrogens with one attached hydrogen (secondary N) is 2. The minimum atomic E-state index is 0.0435. The highest BCUT2D eigenvalue weighted by molar-refractivity contribution is 5.80. The van der Waals surface area contributed by atoms with E-state index in [1.165, 1.54) is 5.56 Å². The number of benzene rings is 1. The van der Waals surface area contributed by atoms with Gasteiger partial charge in [-0.05, 0) is 25.8 Å². The third-order valence-electron chi connectivity index (χ3n) is 4.03. The van der Waals surface area contributed by atoms with Gasteiger partial charge in [0.2, 0.25) is 0 Å². The summed E-state index contributed by atoms with van der Waals surface area (Å²) in [7, 11) is 3.43. The Labute approximate surface area is 149 Å². The Morgan fingerprint density at radius 1 is 1.28 bits per heavy atom. The van der Waals surface area contributed by atoms with Crippen LogP contribution in [-0.2, 0) is 6.54 Å². The van der Waals surface area contributed by atoms with Crippen LogP contribution in [0.2, 0.25) is 0 Å². The van der Waals surface area contributed by atoms with E-state index >= 15 is 0 Å². The Morgan fingerprint density at radius 3 is 2.64 bits per heavy atom. The van der Waals surface area contributed by atoms with E-state index in [1.807, 2.05) is 18.2 Å². The minimum Gasteiger partial charge on any atom is -0.496 e. The molecule has 0 spiro atoms. The summed E-state index contributed by atoms with van der Waals surface area (Å²) in [5, 5.41) is 10.7. The average Bonchev–Trinajstić information content (AvgIpc) is 3.07. The number of ether oxygens (including phenoxy) is 1. The zero-order chi connectivity index (χ0) is 18.4. The largest absolute Gasteiger partial charge is 0.496 e. The lowest BCUT2D eigenvalue weighted by molar-refractivity contribution is 0.371. The van der Waals surface area contributed by atoms with Crippen LogP contribution >= 0.6 is 0 Å². The molecule has 0 aliphatic carbocycles. The smallest absolute Gasteiger partial charge is 0.191 e. The van der Waals surface area contributed by atoms with Crippen LogP contribution in [0.5, 0.6) is 5.75 Å². The van der Waals surface area contributed by atoms with Crippen LogP contribution in [0.1, 0.15) is 55.3 Å². The highest BCUT2D eigenvalue weighted by Crippen LogP contribution is 2.26. The molecular formula is C19H28N4O2. The van der Waals surface area contributed by atoms with E-state index < -0.39 is 0 Å². The van der Waals surface area contributed by atoms with Gasteiger partial charge in [0.1, 0.15) is 5.75 Å². The van der Waals surface area contributed by atoms with Crippen molar-refractivity contribution in [2.75, 3.05) is 14.2 Å². The zero-order valence-corrected chi connectivity index (χ0v) is 15.9. The van der Waals surface area contributed by atoms with Crippen LogP contribution < -0.4 is 15.4 Å². The summed E-state index contributed by atoms with van der Waals surface area (Å²) < 4.78 is 10.8. The lowest BCUT2D eigenvalue weighted by Crippen LogP contribution is -2.38. The predicted octanol–water partition coefficient (Wildman–Crippen LogP) is 3.54. The van der Waals surface area contributed by atoms with Crippen molar-refractivity contribution in [2.45, 2.75) is 46.2 Å². The second kappa shape index (κ2) is 8.55. The van der Waals surface area contributed by atoms with Crippen molar-refractivity contribution in [2.24, 2.45) is 4.99 Å². The van der Waals surface area contributed by atoms with Crippen molar-refractivity contribution in [3.05, 3.63) is 46.8 Å². The number of aryl methyl sites for hydroxylation is 1. The van der Waals surface area contributed by atoms with E-state index in [2.05, 4.69) is 54.5 Å². The highest BCUT2D eigenvalue weighted by atomic mass is 16.5. The molecule has 0 aliphatic rings. The van der Waals surface area contributed by atoms with Crippen LogP contribution in [0.3, 0.4) is 0 Å². The normalized spacial score (nSPS) is 13.0. The van der Waals surface area contributed by atoms with Gasteiger partial charge in [0, 0.05) is 18.7 Å². The maximum atomic E-state index is 5.47. The molecule has 0 fully saturated rings. The first-order chi connectivity index (χ1) is 11.9. The second-order valence-corrected chi connectivity index (χ2v) is 6.41. The quantitative estimate of drug-likeness (QED) is 0.619. The summed E-state index contributed by atoms with van der Waals surface area (Å²) in [6, 6.07) is 8.16. The van der Waals surface area contributed by atoms with Crippen molar-refractivity contribution in [3.8, 4) is 5.75 Å². The Bertz CT molecular complexity index is 722. The Kier molecular flexibility index (Phi) is 6.44. The number of hydrogen-bond acceptors (Lipinski definition) is 4. The molecule has 136 valence electrons. The van der Waals surface area contributed by atoms with Crippen LogP contribution in [0.15, 0.2) is 33.8 Å². The summed E-state index contributed by atoms with van der Waals surface area (Å²) in [4.78, 5) is 4.28. The summed E-state index contributed by atoms with van der Waals surface area (Å²) in [6.45, 7) is 8.85. The van der Waals surface area contributed by atoms with E-state index in [0.717, 1.165) is 22.8 Å². The summed E-state index contributed by atoms with van der Waals surface area (Å²) >= 11 is 0. The summed E-state index contributed by atoms with van der Waals surface area (Å²) in [5.41, 5.74) is 3.24. The first-order valence-corrected chi connectivity index (χ1v) is 8.51. The molecule has 2 rings (SSSR count). The van der Waals surface area contributed by atoms with Gasteiger partial charge in [0.25, 0.3) is 0 Å². The second-order valence-electron chi connectivity index (χ2n) is 6.41. The molecule has 0 saturated heterocycles. The zero-order valence-electron chi connectivity index (χ0n) is 15.9. The molecule has 0 aliphatic heterocycles. The first-order valence-electron chi connectivity index (χ1n) is 8.51. The number of hydrogen-bond donors (Lipinski definition) is 2. The van der Waals surface area contributed by atoms with Gasteiger partial charge in [-0.2, -0.15) is 0 Å². The first kappa shape index (κ1) is 18.8. The lowest BCUT2D eigenvalue weighted by Gasteiger charge is -2.20. The Balaban J connectivity index is 2.00. The molecule has 6 heteroatoms. The van der Waals surface area contributed by atoms with E-state index in [1.54, 1.807) is 14.2 Å². The van der Waals surface area contributed by atoms with E-state index in [4.69, 9.17) is 9.26 Å². The van der Waals surface area contributed by atoms with Crippen molar-refractivity contribution < 1.29 is 9.26 Å². The van der Waals surface area contributed by atoms with Gasteiger partial charge in [-0.15, -0.1) is 0 Å². The number of rotatable bonds is 6. The molecule has 2 aromatic rings. The van der Waals surface area contributed by atoms with Crippen molar-refractivity contribution in [3.63, 3.8) is 0 Å². The molecule has 0 bridgehead atoms. The van der Waals surface area contributed by atoms with Crippen molar-refractivity contribution >= 4 is 5.96 Å². The molecule has 6 nitrogen and oxygen atoms in total. The molecule has 1 unspecified atom stereocenters. The Morgan fingerprint density at radius 2 is 2.04 bits per heavy atom. The molecule has 1 aromatic heterocycles. The average molecular weight is 344 g/mol. The topological polar surface area (TPSA) is 71.7 Å². The van der Waals surface area contributed by atoms with Gasteiger partial charge in [-0.3, -0.25) is 4.99 Å². The van der Waals surface area contributed by atoms with Crippen LogP contribution in [0.4, 0.5) is 0 Å². The standard InChI is InChI=1S/C19H28N4O2/c1-12(2)17-10-15(25-23-17)11-21-19(20-5)22-14(4)16-9-13(3)7-8-18(16)24-6/h7-10,12,14H,11H2,1-6H3,(H2,20,21,22). The van der Waals surface area contributed by atoms with Crippen molar-refractivity contribution in [1.29, 1.82) is 0 Å². The number of methoxy groups -OCH3 is 1. The molecule has 2 N–H and O–H groups in total. The highest BCUT2D eigenvalue weighted by Gasteiger charge is 2.14. The number of aliphatic imine (C=N–C) groups is 1. The van der Waals surface area contributed by atoms with Crippen LogP contribution in [0.25, 0.3) is 0 Å². The van der Waals surface area contributed by atoms with Gasteiger partial charge in [0.05, 0.1) is 25.4 Å². The predicted molar refractivity (Wildman–Crippen MR) is 100 cm³/mol. The summed E-state index contributed by atoms with van der Waals surface area (Å²) in [6.07, 6.45) is 0. The van der Waals surface area contributed by atoms with Crippen LogP contribution in [-0.4, -0.2) is 25.3 Å². The Hall–Kier alpha value is -2.50. The fourth-order valence-corrected chi connectivity index (χ4v) is 2.52. The van der Waals surface area contributed by atoms with Gasteiger partial charge in [-0.1, -0.05) is 36.7 Å². The molecule has 0 saturated carbocycles. The molecule has 0 amide bonds. The summed E-state index contributed by atoms with van der Waals surface area (Å²) in [5.74, 6) is 2.69. The lowest BCUT2D eigenvalue weighted by atomic mass is 10.0. The van der Waals surface area contributed by atoms with Crippen LogP contribution in [0, 0.1) is 6.92 Å². The van der Waals surface area contributed by atoms with E-state index in [0.29, 0.717) is 18.4 Å². The molecule has 1 aromatic carbocycles. The number of aromatic nitrogens is 1. The monoisotopic (exact) mass is 344 g/mol. The minimum absolute atomic E-state index is 0.0435. The molecule has 1 atom stereocenters. The van der Waals surface area contributed by atoms with E-state index in [-0.39, 0.29) is 6.04 Å². The molecule has 0 radical (unpaired) electrons. The van der Waals surface area contributed by atoms with Gasteiger partial charge in [-0.25, -0.2) is 0 Å². The van der Waals surface area contributed by atoms with Gasteiger partial charge < -0.3 is 19.9 Å². The van der Waals surface area contributed by atoms with Gasteiger partial charge >= 0.3 is 0 Å². The molecule has 25 heavy (non-hydrogen) atoms. The van der Waals surface area contributed by atoms with E-state index in [9.17, 15) is 0 Å². The number of guanidine groups is 1. The maximum Gasteiger partial charge on any atom is 0.191 e. The molecular weight excluding hydrogens is 316 g/mol. The third kappa shape index (κ3) is 4.98. The van der Waals surface area contributed by atoms with Gasteiger partial charge in [0.15, 0.2) is 11.7 Å².